The van der Waals surface area contributed by atoms with E-state index in [9.17, 15) is 9.59 Å². The molecule has 1 aromatic carbocycles. The molecule has 1 aliphatic rings. The summed E-state index contributed by atoms with van der Waals surface area (Å²) in [6, 6.07) is 8.03. The van der Waals surface area contributed by atoms with Gasteiger partial charge in [-0.25, -0.2) is 4.68 Å². The minimum absolute atomic E-state index is 0.0518. The molecule has 3 aromatic rings. The highest BCUT2D eigenvalue weighted by Gasteiger charge is 2.24. The third-order valence-electron chi connectivity index (χ3n) is 4.11. The van der Waals surface area contributed by atoms with Crippen molar-refractivity contribution in [3.63, 3.8) is 0 Å². The summed E-state index contributed by atoms with van der Waals surface area (Å²) in [5.41, 5.74) is 1.23. The lowest BCUT2D eigenvalue weighted by Gasteiger charge is -2.08. The van der Waals surface area contributed by atoms with E-state index in [2.05, 4.69) is 10.4 Å². The van der Waals surface area contributed by atoms with Gasteiger partial charge in [-0.15, -0.1) is 0 Å². The van der Waals surface area contributed by atoms with Gasteiger partial charge < -0.3 is 9.88 Å². The lowest BCUT2D eigenvalue weighted by atomic mass is 10.2. The van der Waals surface area contributed by atoms with Gasteiger partial charge in [-0.3, -0.25) is 9.59 Å². The van der Waals surface area contributed by atoms with Crippen LogP contribution in [0.15, 0.2) is 35.3 Å². The number of hydrogen-bond acceptors (Lipinski definition) is 3. The van der Waals surface area contributed by atoms with Gasteiger partial charge in [0.1, 0.15) is 12.1 Å². The monoisotopic (exact) mass is 296 g/mol. The Balaban J connectivity index is 1.94. The van der Waals surface area contributed by atoms with Crippen molar-refractivity contribution in [2.24, 2.45) is 7.05 Å². The van der Waals surface area contributed by atoms with Crippen molar-refractivity contribution >= 4 is 27.7 Å². The summed E-state index contributed by atoms with van der Waals surface area (Å²) in [5, 5.41) is 8.81. The second-order valence-electron chi connectivity index (χ2n) is 5.78. The largest absolute Gasteiger partial charge is 0.352 e. The van der Waals surface area contributed by atoms with Crippen LogP contribution in [0, 0.1) is 0 Å². The van der Waals surface area contributed by atoms with Gasteiger partial charge in [0, 0.05) is 29.4 Å². The van der Waals surface area contributed by atoms with Gasteiger partial charge in [0.25, 0.3) is 5.56 Å². The minimum atomic E-state index is -0.187. The molecule has 22 heavy (non-hydrogen) atoms. The van der Waals surface area contributed by atoms with E-state index < -0.39 is 0 Å². The maximum Gasteiger partial charge on any atom is 0.291 e. The van der Waals surface area contributed by atoms with Crippen LogP contribution in [-0.4, -0.2) is 26.3 Å². The number of aryl methyl sites for hydroxylation is 1. The lowest BCUT2D eigenvalue weighted by Crippen LogP contribution is -2.30. The zero-order valence-electron chi connectivity index (χ0n) is 12.2. The van der Waals surface area contributed by atoms with Crippen LogP contribution in [-0.2, 0) is 18.4 Å². The van der Waals surface area contributed by atoms with Crippen LogP contribution in [0.2, 0.25) is 0 Å². The molecule has 2 aromatic heterocycles. The number of fused-ring (bicyclic) bond motifs is 3. The molecular formula is C16H16N4O2. The van der Waals surface area contributed by atoms with Gasteiger partial charge in [0.05, 0.1) is 6.20 Å². The van der Waals surface area contributed by atoms with Gasteiger partial charge >= 0.3 is 0 Å². The topological polar surface area (TPSA) is 68.9 Å². The molecule has 1 fully saturated rings. The molecule has 0 aliphatic heterocycles. The summed E-state index contributed by atoms with van der Waals surface area (Å²) in [6.07, 6.45) is 3.78. The fourth-order valence-electron chi connectivity index (χ4n) is 2.85. The average Bonchev–Trinajstić information content (AvgIpc) is 3.26. The Labute approximate surface area is 126 Å². The van der Waals surface area contributed by atoms with Crippen LogP contribution >= 0.6 is 0 Å². The molecule has 6 heteroatoms. The van der Waals surface area contributed by atoms with Crippen LogP contribution in [0.4, 0.5) is 0 Å². The number of carbonyl (C=O) groups is 1. The Morgan fingerprint density at radius 3 is 2.86 bits per heavy atom. The smallest absolute Gasteiger partial charge is 0.291 e. The minimum Gasteiger partial charge on any atom is -0.352 e. The van der Waals surface area contributed by atoms with Crippen molar-refractivity contribution in [3.8, 4) is 0 Å². The molecule has 6 nitrogen and oxygen atoms in total. The fourth-order valence-corrected chi connectivity index (χ4v) is 2.85. The second kappa shape index (κ2) is 4.69. The average molecular weight is 296 g/mol. The van der Waals surface area contributed by atoms with Crippen molar-refractivity contribution in [1.82, 2.24) is 19.7 Å². The number of benzene rings is 1. The molecule has 0 spiro atoms. The van der Waals surface area contributed by atoms with E-state index in [0.29, 0.717) is 11.6 Å². The first-order valence-corrected chi connectivity index (χ1v) is 7.38. The summed E-state index contributed by atoms with van der Waals surface area (Å²) in [5.74, 6) is -0.0518. The molecule has 112 valence electrons. The van der Waals surface area contributed by atoms with E-state index in [-0.39, 0.29) is 18.0 Å². The molecule has 1 saturated carbocycles. The highest BCUT2D eigenvalue weighted by atomic mass is 16.2. The van der Waals surface area contributed by atoms with E-state index in [1.54, 1.807) is 17.8 Å². The number of rotatable bonds is 3. The van der Waals surface area contributed by atoms with E-state index in [4.69, 9.17) is 0 Å². The Morgan fingerprint density at radius 1 is 1.32 bits per heavy atom. The summed E-state index contributed by atoms with van der Waals surface area (Å²) >= 11 is 0. The van der Waals surface area contributed by atoms with E-state index in [1.165, 1.54) is 4.68 Å². The SMILES string of the molecule is Cn1ncc2c3ccccc3n(CC(=O)NC3CC3)c2c1=O. The predicted molar refractivity (Wildman–Crippen MR) is 83.6 cm³/mol. The first kappa shape index (κ1) is 13.1. The van der Waals surface area contributed by atoms with E-state index in [0.717, 1.165) is 29.1 Å². The lowest BCUT2D eigenvalue weighted by molar-refractivity contribution is -0.121. The van der Waals surface area contributed by atoms with Crippen LogP contribution in [0.25, 0.3) is 21.8 Å². The number of para-hydroxylation sites is 1. The molecule has 0 saturated heterocycles. The third kappa shape index (κ3) is 1.99. The van der Waals surface area contributed by atoms with Crippen LogP contribution in [0.1, 0.15) is 12.8 Å². The normalized spacial score (nSPS) is 14.6. The van der Waals surface area contributed by atoms with Crippen molar-refractivity contribution in [1.29, 1.82) is 0 Å². The molecule has 1 amide bonds. The maximum atomic E-state index is 12.5. The highest BCUT2D eigenvalue weighted by molar-refractivity contribution is 6.07. The number of aromatic nitrogens is 3. The summed E-state index contributed by atoms with van der Waals surface area (Å²) in [4.78, 5) is 24.7. The Morgan fingerprint density at radius 2 is 2.09 bits per heavy atom. The van der Waals surface area contributed by atoms with Crippen LogP contribution in [0.5, 0.6) is 0 Å². The molecule has 0 bridgehead atoms. The molecule has 1 N–H and O–H groups in total. The first-order chi connectivity index (χ1) is 10.6. The third-order valence-corrected chi connectivity index (χ3v) is 4.11. The number of nitrogens with one attached hydrogen (secondary N) is 1. The molecule has 0 radical (unpaired) electrons. The Hall–Kier alpha value is -2.63. The van der Waals surface area contributed by atoms with Gasteiger partial charge in [-0.05, 0) is 18.9 Å². The summed E-state index contributed by atoms with van der Waals surface area (Å²) in [7, 11) is 1.62. The van der Waals surface area contributed by atoms with E-state index >= 15 is 0 Å². The van der Waals surface area contributed by atoms with Crippen molar-refractivity contribution < 1.29 is 4.79 Å². The summed E-state index contributed by atoms with van der Waals surface area (Å²) < 4.78 is 3.10. The standard InChI is InChI=1S/C16H16N4O2/c1-19-16(22)15-12(8-17-19)11-4-2-3-5-13(11)20(15)9-14(21)18-10-6-7-10/h2-5,8,10H,6-7,9H2,1H3,(H,18,21). The van der Waals surface area contributed by atoms with Gasteiger partial charge in [-0.2, -0.15) is 5.10 Å². The van der Waals surface area contributed by atoms with Gasteiger partial charge in [0.15, 0.2) is 0 Å². The highest BCUT2D eigenvalue weighted by Crippen LogP contribution is 2.26. The number of hydrogen-bond donors (Lipinski definition) is 1. The van der Waals surface area contributed by atoms with Crippen molar-refractivity contribution in [2.45, 2.75) is 25.4 Å². The van der Waals surface area contributed by atoms with Crippen molar-refractivity contribution in [2.75, 3.05) is 0 Å². The Kier molecular flexibility index (Phi) is 2.79. The van der Waals surface area contributed by atoms with E-state index in [1.807, 2.05) is 24.3 Å². The quantitative estimate of drug-likeness (QED) is 0.788. The van der Waals surface area contributed by atoms with Crippen LogP contribution in [0.3, 0.4) is 0 Å². The molecule has 1 aliphatic carbocycles. The second-order valence-corrected chi connectivity index (χ2v) is 5.78. The number of carbonyl (C=O) groups excluding carboxylic acids is 1. The number of amides is 1. The molecular weight excluding hydrogens is 280 g/mol. The molecule has 4 rings (SSSR count). The van der Waals surface area contributed by atoms with Crippen LogP contribution < -0.4 is 10.9 Å². The Bertz CT molecular complexity index is 950. The molecule has 0 unspecified atom stereocenters. The maximum absolute atomic E-state index is 12.5. The zero-order chi connectivity index (χ0) is 15.3. The van der Waals surface area contributed by atoms with Gasteiger partial charge in [0.2, 0.25) is 5.91 Å². The predicted octanol–water partition coefficient (Wildman–Crippen LogP) is 1.17. The summed E-state index contributed by atoms with van der Waals surface area (Å²) in [6.45, 7) is 0.153. The molecule has 2 heterocycles. The zero-order valence-corrected chi connectivity index (χ0v) is 12.2. The number of nitrogens with zero attached hydrogens (tertiary/aromatic N) is 3. The molecule has 0 atom stereocenters. The van der Waals surface area contributed by atoms with Gasteiger partial charge in [-0.1, -0.05) is 18.2 Å². The van der Waals surface area contributed by atoms with Crippen molar-refractivity contribution in [3.05, 3.63) is 40.8 Å². The fraction of sp³-hybridized carbons (Fsp3) is 0.312. The first-order valence-electron chi connectivity index (χ1n) is 7.38.